The minimum atomic E-state index is -0.943. The highest BCUT2D eigenvalue weighted by molar-refractivity contribution is 6.46. The molecule has 1 N–H and O–H groups in total. The quantitative estimate of drug-likeness (QED) is 0.162. The van der Waals surface area contributed by atoms with Crippen molar-refractivity contribution in [2.24, 2.45) is 0 Å². The zero-order chi connectivity index (χ0) is 24.1. The molecule has 1 atom stereocenters. The van der Waals surface area contributed by atoms with Crippen molar-refractivity contribution in [2.75, 3.05) is 27.4 Å². The van der Waals surface area contributed by atoms with E-state index in [0.717, 1.165) is 12.1 Å². The van der Waals surface area contributed by atoms with Crippen LogP contribution >= 0.6 is 0 Å². The molecule has 0 spiro atoms. The number of aliphatic hydroxyl groups excluding tert-OH is 1. The number of nitrogens with zero attached hydrogens (tertiary/aromatic N) is 1. The Morgan fingerprint density at radius 1 is 1.12 bits per heavy atom. The van der Waals surface area contributed by atoms with E-state index in [4.69, 9.17) is 14.2 Å². The smallest absolute Gasteiger partial charge is 0.308 e. The molecular formula is C24H24FNO7. The van der Waals surface area contributed by atoms with Crippen LogP contribution < -0.4 is 9.47 Å². The summed E-state index contributed by atoms with van der Waals surface area (Å²) >= 11 is 0. The molecule has 0 bridgehead atoms. The summed E-state index contributed by atoms with van der Waals surface area (Å²) in [5, 5.41) is 11.1. The summed E-state index contributed by atoms with van der Waals surface area (Å²) < 4.78 is 29.3. The highest BCUT2D eigenvalue weighted by Crippen LogP contribution is 2.41. The largest absolute Gasteiger partial charge is 0.507 e. The van der Waals surface area contributed by atoms with Crippen LogP contribution in [0.25, 0.3) is 5.76 Å². The SMILES string of the molecule is COCCCN1C(=O)C(=O)/C(=C(/O)c2cc(F)ccc2OC)C1c1ccc(OC(C)=O)cc1. The third-order valence-electron chi connectivity index (χ3n) is 5.16. The third kappa shape index (κ3) is 5.04. The normalized spacial score (nSPS) is 17.3. The summed E-state index contributed by atoms with van der Waals surface area (Å²) in [7, 11) is 2.87. The molecule has 2 aromatic carbocycles. The Morgan fingerprint density at radius 2 is 1.82 bits per heavy atom. The molecule has 8 nitrogen and oxygen atoms in total. The van der Waals surface area contributed by atoms with Gasteiger partial charge in [-0.1, -0.05) is 12.1 Å². The van der Waals surface area contributed by atoms with Crippen LogP contribution in [0.3, 0.4) is 0 Å². The lowest BCUT2D eigenvalue weighted by Crippen LogP contribution is -2.31. The van der Waals surface area contributed by atoms with Crippen molar-refractivity contribution in [1.82, 2.24) is 4.90 Å². The van der Waals surface area contributed by atoms with Crippen molar-refractivity contribution >= 4 is 23.4 Å². The second-order valence-corrected chi connectivity index (χ2v) is 7.35. The van der Waals surface area contributed by atoms with Crippen molar-refractivity contribution in [1.29, 1.82) is 0 Å². The Kier molecular flexibility index (Phi) is 7.44. The number of carbonyl (C=O) groups excluding carboxylic acids is 3. The number of carbonyl (C=O) groups is 3. The molecule has 1 aliphatic heterocycles. The van der Waals surface area contributed by atoms with Gasteiger partial charge >= 0.3 is 5.97 Å². The summed E-state index contributed by atoms with van der Waals surface area (Å²) in [4.78, 5) is 38.4. The molecule has 1 saturated heterocycles. The second-order valence-electron chi connectivity index (χ2n) is 7.35. The number of hydrogen-bond acceptors (Lipinski definition) is 7. The average Bonchev–Trinajstić information content (AvgIpc) is 3.04. The molecule has 0 radical (unpaired) electrons. The Morgan fingerprint density at radius 3 is 2.42 bits per heavy atom. The van der Waals surface area contributed by atoms with Crippen LogP contribution in [0.1, 0.15) is 30.5 Å². The maximum Gasteiger partial charge on any atom is 0.308 e. The van der Waals surface area contributed by atoms with Crippen LogP contribution in [0, 0.1) is 5.82 Å². The van der Waals surface area contributed by atoms with Crippen molar-refractivity contribution in [3.05, 3.63) is 65.0 Å². The third-order valence-corrected chi connectivity index (χ3v) is 5.16. The molecule has 1 fully saturated rings. The fraction of sp³-hybridized carbons (Fsp3) is 0.292. The standard InChI is InChI=1S/C24H24FNO7/c1-14(27)33-17-8-5-15(6-9-17)21-20(23(29)24(30)26(21)11-4-12-31-2)22(28)18-13-16(25)7-10-19(18)32-3/h5-10,13,21,28H,4,11-12H2,1-3H3/b22-20+. The van der Waals surface area contributed by atoms with Gasteiger partial charge in [-0.3, -0.25) is 14.4 Å². The van der Waals surface area contributed by atoms with E-state index in [1.54, 1.807) is 12.1 Å². The van der Waals surface area contributed by atoms with Gasteiger partial charge in [0.25, 0.3) is 11.7 Å². The van der Waals surface area contributed by atoms with E-state index in [-0.39, 0.29) is 29.2 Å². The maximum atomic E-state index is 13.9. The number of hydrogen-bond donors (Lipinski definition) is 1. The predicted octanol–water partition coefficient (Wildman–Crippen LogP) is 3.22. The summed E-state index contributed by atoms with van der Waals surface area (Å²) in [5.41, 5.74) is 0.259. The molecule has 33 heavy (non-hydrogen) atoms. The molecular weight excluding hydrogens is 433 g/mol. The number of Topliss-reactive ketones (excluding diaryl/α,β-unsaturated/α-hetero) is 1. The van der Waals surface area contributed by atoms with Crippen LogP contribution in [-0.2, 0) is 19.1 Å². The van der Waals surface area contributed by atoms with Crippen molar-refractivity contribution in [2.45, 2.75) is 19.4 Å². The van der Waals surface area contributed by atoms with E-state index in [2.05, 4.69) is 0 Å². The molecule has 0 aliphatic carbocycles. The lowest BCUT2D eigenvalue weighted by molar-refractivity contribution is -0.140. The van der Waals surface area contributed by atoms with E-state index < -0.39 is 35.3 Å². The van der Waals surface area contributed by atoms with Crippen LogP contribution in [0.4, 0.5) is 4.39 Å². The maximum absolute atomic E-state index is 13.9. The van der Waals surface area contributed by atoms with Crippen LogP contribution in [-0.4, -0.2) is 55.0 Å². The van der Waals surface area contributed by atoms with Gasteiger partial charge in [0.1, 0.15) is 23.1 Å². The van der Waals surface area contributed by atoms with Gasteiger partial charge in [0.2, 0.25) is 0 Å². The van der Waals surface area contributed by atoms with E-state index in [9.17, 15) is 23.9 Å². The minimum Gasteiger partial charge on any atom is -0.507 e. The molecule has 3 rings (SSSR count). The molecule has 2 aromatic rings. The average molecular weight is 457 g/mol. The monoisotopic (exact) mass is 457 g/mol. The van der Waals surface area contributed by atoms with Crippen LogP contribution in [0.2, 0.25) is 0 Å². The first-order valence-corrected chi connectivity index (χ1v) is 10.2. The first kappa shape index (κ1) is 23.9. The zero-order valence-electron chi connectivity index (χ0n) is 18.5. The van der Waals surface area contributed by atoms with Gasteiger partial charge in [-0.15, -0.1) is 0 Å². The molecule has 1 aliphatic rings. The molecule has 1 heterocycles. The topological polar surface area (TPSA) is 102 Å². The van der Waals surface area contributed by atoms with E-state index in [1.165, 1.54) is 44.2 Å². The van der Waals surface area contributed by atoms with Gasteiger partial charge < -0.3 is 24.2 Å². The van der Waals surface area contributed by atoms with Gasteiger partial charge in [-0.05, 0) is 42.3 Å². The van der Waals surface area contributed by atoms with Crippen molar-refractivity contribution in [3.63, 3.8) is 0 Å². The van der Waals surface area contributed by atoms with Crippen molar-refractivity contribution in [3.8, 4) is 11.5 Å². The Bertz CT molecular complexity index is 1090. The fourth-order valence-corrected chi connectivity index (χ4v) is 3.73. The molecule has 1 unspecified atom stereocenters. The number of amides is 1. The molecule has 174 valence electrons. The highest BCUT2D eigenvalue weighted by atomic mass is 19.1. The lowest BCUT2D eigenvalue weighted by Gasteiger charge is -2.25. The number of rotatable bonds is 8. The Labute approximate surface area is 190 Å². The van der Waals surface area contributed by atoms with E-state index in [0.29, 0.717) is 18.6 Å². The number of methoxy groups -OCH3 is 2. The van der Waals surface area contributed by atoms with E-state index >= 15 is 0 Å². The van der Waals surface area contributed by atoms with Gasteiger partial charge in [-0.2, -0.15) is 0 Å². The van der Waals surface area contributed by atoms with Gasteiger partial charge in [-0.25, -0.2) is 4.39 Å². The number of ether oxygens (including phenoxy) is 3. The van der Waals surface area contributed by atoms with Gasteiger partial charge in [0.05, 0.1) is 24.3 Å². The number of benzene rings is 2. The summed E-state index contributed by atoms with van der Waals surface area (Å²) in [6.07, 6.45) is 0.453. The van der Waals surface area contributed by atoms with Gasteiger partial charge in [0, 0.05) is 27.2 Å². The number of likely N-dealkylation sites (tertiary alicyclic amines) is 1. The summed E-state index contributed by atoms with van der Waals surface area (Å²) in [5.74, 6) is -2.95. The molecule has 0 saturated carbocycles. The number of ketones is 1. The highest BCUT2D eigenvalue weighted by Gasteiger charge is 2.46. The van der Waals surface area contributed by atoms with Gasteiger partial charge in [0.15, 0.2) is 0 Å². The molecule has 9 heteroatoms. The Balaban J connectivity index is 2.14. The summed E-state index contributed by atoms with van der Waals surface area (Å²) in [6, 6.07) is 8.80. The van der Waals surface area contributed by atoms with Crippen LogP contribution in [0.5, 0.6) is 11.5 Å². The predicted molar refractivity (Wildman–Crippen MR) is 116 cm³/mol. The minimum absolute atomic E-state index is 0.0473. The first-order valence-electron chi connectivity index (χ1n) is 10.2. The lowest BCUT2D eigenvalue weighted by atomic mass is 9.95. The molecule has 1 amide bonds. The first-order chi connectivity index (χ1) is 15.8. The number of halogens is 1. The molecule has 0 aromatic heterocycles. The Hall–Kier alpha value is -3.72. The van der Waals surface area contributed by atoms with Crippen LogP contribution in [0.15, 0.2) is 48.0 Å². The number of esters is 1. The van der Waals surface area contributed by atoms with E-state index in [1.807, 2.05) is 0 Å². The summed E-state index contributed by atoms with van der Waals surface area (Å²) in [6.45, 7) is 1.82. The zero-order valence-corrected chi connectivity index (χ0v) is 18.5. The second kappa shape index (κ2) is 10.3. The van der Waals surface area contributed by atoms with Crippen molar-refractivity contribution < 1.29 is 38.1 Å². The fourth-order valence-electron chi connectivity index (χ4n) is 3.73. The number of aliphatic hydroxyl groups is 1.